The summed E-state index contributed by atoms with van der Waals surface area (Å²) in [6.07, 6.45) is 0. The SMILES string of the molecule is O=C(COC(=O)c1nc(-c2cccc(Cl)c2)n(-c2ccc(Br)cc2)n1)c1ccc(Cl)cc1. The quantitative estimate of drug-likeness (QED) is 0.224. The molecule has 0 amide bonds. The first kappa shape index (κ1) is 22.2. The molecule has 0 spiro atoms. The van der Waals surface area contributed by atoms with Crippen molar-refractivity contribution in [3.05, 3.63) is 98.7 Å². The molecule has 0 saturated heterocycles. The number of hydrogen-bond donors (Lipinski definition) is 0. The average molecular weight is 531 g/mol. The molecule has 9 heteroatoms. The Morgan fingerprint density at radius 3 is 2.34 bits per heavy atom. The molecule has 0 atom stereocenters. The zero-order chi connectivity index (χ0) is 22.7. The molecule has 1 heterocycles. The fourth-order valence-electron chi connectivity index (χ4n) is 2.89. The Kier molecular flexibility index (Phi) is 6.69. The summed E-state index contributed by atoms with van der Waals surface area (Å²) in [6, 6.07) is 20.7. The van der Waals surface area contributed by atoms with Crippen molar-refractivity contribution in [3.63, 3.8) is 0 Å². The van der Waals surface area contributed by atoms with Gasteiger partial charge >= 0.3 is 5.97 Å². The van der Waals surface area contributed by atoms with E-state index in [0.717, 1.165) is 4.47 Å². The first-order chi connectivity index (χ1) is 15.4. The van der Waals surface area contributed by atoms with E-state index in [1.54, 1.807) is 42.5 Å². The van der Waals surface area contributed by atoms with Gasteiger partial charge in [-0.1, -0.05) is 51.3 Å². The number of carbonyl (C=O) groups excluding carboxylic acids is 2. The molecule has 0 fully saturated rings. The Morgan fingerprint density at radius 1 is 0.938 bits per heavy atom. The minimum atomic E-state index is -0.813. The van der Waals surface area contributed by atoms with Crippen LogP contribution >= 0.6 is 39.1 Å². The van der Waals surface area contributed by atoms with E-state index in [9.17, 15) is 9.59 Å². The molecule has 0 aliphatic heterocycles. The highest BCUT2D eigenvalue weighted by Gasteiger charge is 2.21. The molecule has 4 rings (SSSR count). The molecule has 0 N–H and O–H groups in total. The van der Waals surface area contributed by atoms with Crippen LogP contribution < -0.4 is 0 Å². The molecule has 160 valence electrons. The van der Waals surface area contributed by atoms with Crippen molar-refractivity contribution in [1.29, 1.82) is 0 Å². The van der Waals surface area contributed by atoms with Crippen molar-refractivity contribution in [1.82, 2.24) is 14.8 Å². The fraction of sp³-hybridized carbons (Fsp3) is 0.0435. The van der Waals surface area contributed by atoms with Crippen LogP contribution in [0.5, 0.6) is 0 Å². The van der Waals surface area contributed by atoms with E-state index < -0.39 is 12.6 Å². The van der Waals surface area contributed by atoms with E-state index in [-0.39, 0.29) is 11.6 Å². The fourth-order valence-corrected chi connectivity index (χ4v) is 3.47. The van der Waals surface area contributed by atoms with Gasteiger partial charge in [0.2, 0.25) is 0 Å². The number of hydrogen-bond acceptors (Lipinski definition) is 5. The number of ketones is 1. The van der Waals surface area contributed by atoms with Crippen LogP contribution in [0.4, 0.5) is 0 Å². The number of aromatic nitrogens is 3. The Bertz CT molecular complexity index is 1290. The van der Waals surface area contributed by atoms with Gasteiger partial charge < -0.3 is 4.74 Å². The van der Waals surface area contributed by atoms with Gasteiger partial charge in [-0.2, -0.15) is 0 Å². The van der Waals surface area contributed by atoms with Crippen molar-refractivity contribution in [3.8, 4) is 17.1 Å². The summed E-state index contributed by atoms with van der Waals surface area (Å²) < 4.78 is 7.58. The summed E-state index contributed by atoms with van der Waals surface area (Å²) >= 11 is 15.4. The van der Waals surface area contributed by atoms with Crippen LogP contribution in [-0.2, 0) is 4.74 Å². The van der Waals surface area contributed by atoms with Crippen LogP contribution in [0.2, 0.25) is 10.0 Å². The number of benzene rings is 3. The smallest absolute Gasteiger partial charge is 0.378 e. The maximum absolute atomic E-state index is 12.6. The predicted molar refractivity (Wildman–Crippen MR) is 126 cm³/mol. The van der Waals surface area contributed by atoms with Crippen LogP contribution in [0.1, 0.15) is 21.0 Å². The van der Waals surface area contributed by atoms with E-state index in [0.29, 0.717) is 32.7 Å². The molecule has 1 aromatic heterocycles. The summed E-state index contributed by atoms with van der Waals surface area (Å²) in [6.45, 7) is -0.445. The first-order valence-corrected chi connectivity index (χ1v) is 10.9. The summed E-state index contributed by atoms with van der Waals surface area (Å²) in [5, 5.41) is 5.35. The second-order valence-corrected chi connectivity index (χ2v) is 8.45. The normalized spacial score (nSPS) is 10.7. The van der Waals surface area contributed by atoms with Gasteiger partial charge in [-0.25, -0.2) is 14.5 Å². The highest BCUT2D eigenvalue weighted by atomic mass is 79.9. The maximum Gasteiger partial charge on any atom is 0.378 e. The minimum Gasteiger partial charge on any atom is -0.451 e. The van der Waals surface area contributed by atoms with Crippen LogP contribution in [0.3, 0.4) is 0 Å². The molecule has 0 aliphatic carbocycles. The van der Waals surface area contributed by atoms with Gasteiger partial charge in [0.25, 0.3) is 5.82 Å². The predicted octanol–water partition coefficient (Wildman–Crippen LogP) is 6.04. The van der Waals surface area contributed by atoms with Gasteiger partial charge in [0.05, 0.1) is 5.69 Å². The van der Waals surface area contributed by atoms with Crippen molar-refractivity contribution in [2.24, 2.45) is 0 Å². The largest absolute Gasteiger partial charge is 0.451 e. The van der Waals surface area contributed by atoms with Crippen molar-refractivity contribution in [2.75, 3.05) is 6.61 Å². The Morgan fingerprint density at radius 2 is 1.66 bits per heavy atom. The maximum atomic E-state index is 12.6. The molecule has 32 heavy (non-hydrogen) atoms. The van der Waals surface area contributed by atoms with Gasteiger partial charge in [-0.3, -0.25) is 4.79 Å². The van der Waals surface area contributed by atoms with Crippen LogP contribution in [0.15, 0.2) is 77.3 Å². The number of carbonyl (C=O) groups is 2. The molecular weight excluding hydrogens is 517 g/mol. The highest BCUT2D eigenvalue weighted by Crippen LogP contribution is 2.25. The van der Waals surface area contributed by atoms with Gasteiger partial charge in [0.1, 0.15) is 0 Å². The molecule has 4 aromatic rings. The Labute approximate surface area is 201 Å². The third-order valence-corrected chi connectivity index (χ3v) is 5.46. The molecule has 6 nitrogen and oxygen atoms in total. The van der Waals surface area contributed by atoms with Gasteiger partial charge in [-0.15, -0.1) is 5.10 Å². The lowest BCUT2D eigenvalue weighted by Gasteiger charge is -2.06. The second kappa shape index (κ2) is 9.65. The highest BCUT2D eigenvalue weighted by molar-refractivity contribution is 9.10. The van der Waals surface area contributed by atoms with Crippen LogP contribution in [-0.4, -0.2) is 33.1 Å². The zero-order valence-electron chi connectivity index (χ0n) is 16.3. The lowest BCUT2D eigenvalue weighted by Crippen LogP contribution is -2.15. The molecule has 0 bridgehead atoms. The standard InChI is InChI=1S/C23H14BrCl2N3O3/c24-16-6-10-19(11-7-16)29-22(15-2-1-3-18(26)12-15)27-21(28-29)23(31)32-13-20(30)14-4-8-17(25)9-5-14/h1-12H,13H2. The molecule has 0 unspecified atom stereocenters. The van der Waals surface area contributed by atoms with Crippen molar-refractivity contribution >= 4 is 50.9 Å². The Hall–Kier alpha value is -3.00. The summed E-state index contributed by atoms with van der Waals surface area (Å²) in [5.41, 5.74) is 1.74. The van der Waals surface area contributed by atoms with Gasteiger partial charge in [-0.05, 0) is 60.7 Å². The summed E-state index contributed by atoms with van der Waals surface area (Å²) in [4.78, 5) is 29.3. The van der Waals surface area contributed by atoms with Gasteiger partial charge in [0, 0.05) is 25.6 Å². The van der Waals surface area contributed by atoms with E-state index in [1.165, 1.54) is 4.68 Å². The monoisotopic (exact) mass is 529 g/mol. The molecular formula is C23H14BrCl2N3O3. The lowest BCUT2D eigenvalue weighted by molar-refractivity contribution is 0.0462. The van der Waals surface area contributed by atoms with E-state index in [1.807, 2.05) is 30.3 Å². The molecule has 0 saturated carbocycles. The number of nitrogens with zero attached hydrogens (tertiary/aromatic N) is 3. The lowest BCUT2D eigenvalue weighted by atomic mass is 10.1. The zero-order valence-corrected chi connectivity index (χ0v) is 19.4. The molecule has 0 radical (unpaired) electrons. The summed E-state index contributed by atoms with van der Waals surface area (Å²) in [5.74, 6) is -0.943. The third-order valence-electron chi connectivity index (χ3n) is 4.44. The number of Topliss-reactive ketones (excluding diaryl/α,β-unsaturated/α-hetero) is 1. The number of esters is 1. The molecule has 0 aliphatic rings. The topological polar surface area (TPSA) is 74.1 Å². The van der Waals surface area contributed by atoms with E-state index in [2.05, 4.69) is 26.0 Å². The van der Waals surface area contributed by atoms with Crippen LogP contribution in [0, 0.1) is 0 Å². The second-order valence-electron chi connectivity index (χ2n) is 6.66. The van der Waals surface area contributed by atoms with Gasteiger partial charge in [0.15, 0.2) is 18.2 Å². The number of ether oxygens (including phenoxy) is 1. The van der Waals surface area contributed by atoms with Crippen LogP contribution in [0.25, 0.3) is 17.1 Å². The van der Waals surface area contributed by atoms with Crippen molar-refractivity contribution in [2.45, 2.75) is 0 Å². The summed E-state index contributed by atoms with van der Waals surface area (Å²) in [7, 11) is 0. The number of rotatable bonds is 6. The first-order valence-electron chi connectivity index (χ1n) is 9.35. The third kappa shape index (κ3) is 5.07. The van der Waals surface area contributed by atoms with E-state index >= 15 is 0 Å². The minimum absolute atomic E-state index is 0.174. The average Bonchev–Trinajstić information content (AvgIpc) is 3.24. The Balaban J connectivity index is 1.61. The molecule has 3 aromatic carbocycles. The number of halogens is 3. The van der Waals surface area contributed by atoms with Crippen molar-refractivity contribution < 1.29 is 14.3 Å². The van der Waals surface area contributed by atoms with E-state index in [4.69, 9.17) is 27.9 Å².